The fourth-order valence-corrected chi connectivity index (χ4v) is 1.77. The second kappa shape index (κ2) is 6.61. The highest BCUT2D eigenvalue weighted by atomic mass is 79.9. The van der Waals surface area contributed by atoms with Gasteiger partial charge in [0.2, 0.25) is 0 Å². The average Bonchev–Trinajstić information content (AvgIpc) is 2.29. The molecule has 0 unspecified atom stereocenters. The van der Waals surface area contributed by atoms with Crippen molar-refractivity contribution in [2.24, 2.45) is 0 Å². The number of halogens is 1. The summed E-state index contributed by atoms with van der Waals surface area (Å²) in [6.45, 7) is 1.28. The van der Waals surface area contributed by atoms with Crippen molar-refractivity contribution in [2.45, 2.75) is 0 Å². The zero-order chi connectivity index (χ0) is 12.8. The molecule has 0 saturated carbocycles. The van der Waals surface area contributed by atoms with Gasteiger partial charge < -0.3 is 14.4 Å². The van der Waals surface area contributed by atoms with Crippen LogP contribution in [-0.2, 0) is 0 Å². The molecule has 0 spiro atoms. The van der Waals surface area contributed by atoms with Gasteiger partial charge in [-0.1, -0.05) is 15.9 Å². The molecule has 1 aromatic carbocycles. The van der Waals surface area contributed by atoms with Crippen LogP contribution in [0.15, 0.2) is 16.6 Å². The molecule has 0 aliphatic heterocycles. The minimum Gasteiger partial charge on any atom is -0.493 e. The molecule has 0 aliphatic rings. The van der Waals surface area contributed by atoms with Crippen LogP contribution in [0.4, 0.5) is 0 Å². The molecule has 5 heteroatoms. The average molecular weight is 302 g/mol. The van der Waals surface area contributed by atoms with E-state index in [2.05, 4.69) is 15.9 Å². The van der Waals surface area contributed by atoms with Crippen LogP contribution in [0, 0.1) is 0 Å². The molecule has 0 aliphatic carbocycles. The second-order valence-corrected chi connectivity index (χ2v) is 4.71. The Balaban J connectivity index is 2.90. The van der Waals surface area contributed by atoms with Gasteiger partial charge >= 0.3 is 0 Å². The molecule has 0 saturated heterocycles. The molecule has 0 atom stereocenters. The van der Waals surface area contributed by atoms with Crippen molar-refractivity contribution < 1.29 is 14.3 Å². The molecule has 0 bridgehead atoms. The Hall–Kier alpha value is -1.07. The van der Waals surface area contributed by atoms with Gasteiger partial charge in [0.05, 0.1) is 12.7 Å². The van der Waals surface area contributed by atoms with Gasteiger partial charge in [-0.3, -0.25) is 4.79 Å². The largest absolute Gasteiger partial charge is 0.493 e. The molecular formula is C12H16BrNO3. The maximum absolute atomic E-state index is 11.0. The van der Waals surface area contributed by atoms with Crippen LogP contribution in [0.25, 0.3) is 0 Å². The molecule has 1 aromatic rings. The number of aldehydes is 1. The summed E-state index contributed by atoms with van der Waals surface area (Å²) in [5.41, 5.74) is 0.481. The summed E-state index contributed by atoms with van der Waals surface area (Å²) in [6, 6.07) is 3.48. The van der Waals surface area contributed by atoms with Crippen molar-refractivity contribution in [1.82, 2.24) is 4.90 Å². The first-order valence-corrected chi connectivity index (χ1v) is 5.98. The number of ether oxygens (including phenoxy) is 2. The van der Waals surface area contributed by atoms with E-state index in [1.165, 1.54) is 0 Å². The van der Waals surface area contributed by atoms with Crippen molar-refractivity contribution in [1.29, 1.82) is 0 Å². The number of carbonyl (C=O) groups is 1. The van der Waals surface area contributed by atoms with Gasteiger partial charge in [-0.15, -0.1) is 0 Å². The lowest BCUT2D eigenvalue weighted by Crippen LogP contribution is -2.20. The third-order valence-corrected chi connectivity index (χ3v) is 2.64. The van der Waals surface area contributed by atoms with Crippen molar-refractivity contribution in [3.63, 3.8) is 0 Å². The van der Waals surface area contributed by atoms with Gasteiger partial charge in [0.15, 0.2) is 17.8 Å². The summed E-state index contributed by atoms with van der Waals surface area (Å²) in [7, 11) is 5.47. The van der Waals surface area contributed by atoms with E-state index in [1.54, 1.807) is 19.2 Å². The van der Waals surface area contributed by atoms with Gasteiger partial charge in [0, 0.05) is 11.0 Å². The Morgan fingerprint density at radius 1 is 1.41 bits per heavy atom. The Morgan fingerprint density at radius 2 is 2.12 bits per heavy atom. The van der Waals surface area contributed by atoms with E-state index < -0.39 is 0 Å². The van der Waals surface area contributed by atoms with Gasteiger partial charge in [-0.25, -0.2) is 0 Å². The van der Waals surface area contributed by atoms with Crippen molar-refractivity contribution in [3.05, 3.63) is 22.2 Å². The monoisotopic (exact) mass is 301 g/mol. The number of hydrogen-bond acceptors (Lipinski definition) is 4. The van der Waals surface area contributed by atoms with E-state index in [9.17, 15) is 4.79 Å². The minimum absolute atomic E-state index is 0.481. The summed E-state index contributed by atoms with van der Waals surface area (Å²) in [6.07, 6.45) is 0.762. The summed E-state index contributed by atoms with van der Waals surface area (Å²) < 4.78 is 11.6. The number of nitrogens with zero attached hydrogens (tertiary/aromatic N) is 1. The van der Waals surface area contributed by atoms with Crippen LogP contribution in [0.1, 0.15) is 10.4 Å². The lowest BCUT2D eigenvalue weighted by molar-refractivity contribution is 0.111. The van der Waals surface area contributed by atoms with Gasteiger partial charge in [0.25, 0.3) is 0 Å². The molecule has 0 N–H and O–H groups in total. The molecule has 1 rings (SSSR count). The highest BCUT2D eigenvalue weighted by molar-refractivity contribution is 9.10. The quantitative estimate of drug-likeness (QED) is 0.755. The number of methoxy groups -OCH3 is 1. The Labute approximate surface area is 110 Å². The van der Waals surface area contributed by atoms with Crippen molar-refractivity contribution in [2.75, 3.05) is 34.4 Å². The van der Waals surface area contributed by atoms with Crippen LogP contribution < -0.4 is 9.47 Å². The third-order valence-electron chi connectivity index (χ3n) is 2.18. The van der Waals surface area contributed by atoms with E-state index in [0.717, 1.165) is 17.3 Å². The summed E-state index contributed by atoms with van der Waals surface area (Å²) in [4.78, 5) is 13.0. The molecule has 0 amide bonds. The van der Waals surface area contributed by atoms with Gasteiger partial charge in [-0.2, -0.15) is 0 Å². The number of benzene rings is 1. The maximum Gasteiger partial charge on any atom is 0.171 e. The standard InChI is InChI=1S/C12H16BrNO3/c1-14(2)4-5-17-12-9(8-15)6-10(13)7-11(12)16-3/h6-8H,4-5H2,1-3H3. The molecule has 0 aromatic heterocycles. The van der Waals surface area contributed by atoms with Gasteiger partial charge in [0.1, 0.15) is 6.61 Å². The number of carbonyl (C=O) groups excluding carboxylic acids is 1. The summed E-state index contributed by atoms with van der Waals surface area (Å²) in [5, 5.41) is 0. The molecular weight excluding hydrogens is 286 g/mol. The zero-order valence-corrected chi connectivity index (χ0v) is 11.8. The number of rotatable bonds is 6. The van der Waals surface area contributed by atoms with E-state index >= 15 is 0 Å². The molecule has 0 radical (unpaired) electrons. The van der Waals surface area contributed by atoms with Crippen LogP contribution >= 0.6 is 15.9 Å². The molecule has 94 valence electrons. The first kappa shape index (κ1) is 14.0. The fourth-order valence-electron chi connectivity index (χ4n) is 1.31. The minimum atomic E-state index is 0.481. The molecule has 17 heavy (non-hydrogen) atoms. The van der Waals surface area contributed by atoms with Crippen molar-refractivity contribution >= 4 is 22.2 Å². The smallest absolute Gasteiger partial charge is 0.171 e. The first-order chi connectivity index (χ1) is 8.08. The van der Waals surface area contributed by atoms with E-state index in [4.69, 9.17) is 9.47 Å². The van der Waals surface area contributed by atoms with Crippen LogP contribution in [0.5, 0.6) is 11.5 Å². The summed E-state index contributed by atoms with van der Waals surface area (Å²) in [5.74, 6) is 1.05. The molecule has 4 nitrogen and oxygen atoms in total. The number of likely N-dealkylation sites (N-methyl/N-ethyl adjacent to an activating group) is 1. The zero-order valence-electron chi connectivity index (χ0n) is 10.2. The first-order valence-electron chi connectivity index (χ1n) is 5.18. The van der Waals surface area contributed by atoms with Crippen molar-refractivity contribution in [3.8, 4) is 11.5 Å². The lowest BCUT2D eigenvalue weighted by Gasteiger charge is -2.15. The van der Waals surface area contributed by atoms with E-state index in [1.807, 2.05) is 19.0 Å². The van der Waals surface area contributed by atoms with Crippen LogP contribution in [0.3, 0.4) is 0 Å². The number of hydrogen-bond donors (Lipinski definition) is 0. The summed E-state index contributed by atoms with van der Waals surface area (Å²) >= 11 is 3.32. The topological polar surface area (TPSA) is 38.8 Å². The SMILES string of the molecule is COc1cc(Br)cc(C=O)c1OCCN(C)C. The van der Waals surface area contributed by atoms with E-state index in [-0.39, 0.29) is 0 Å². The predicted octanol–water partition coefficient (Wildman–Crippen LogP) is 2.21. The van der Waals surface area contributed by atoms with E-state index in [0.29, 0.717) is 23.7 Å². The predicted molar refractivity (Wildman–Crippen MR) is 70.1 cm³/mol. The van der Waals surface area contributed by atoms with Crippen LogP contribution in [-0.4, -0.2) is 45.5 Å². The third kappa shape index (κ3) is 4.02. The highest BCUT2D eigenvalue weighted by Gasteiger charge is 2.12. The maximum atomic E-state index is 11.0. The molecule has 0 heterocycles. The van der Waals surface area contributed by atoms with Crippen LogP contribution in [0.2, 0.25) is 0 Å². The fraction of sp³-hybridized carbons (Fsp3) is 0.417. The Morgan fingerprint density at radius 3 is 2.65 bits per heavy atom. The molecule has 0 fully saturated rings. The normalized spacial score (nSPS) is 10.4. The Bertz CT molecular complexity index is 394. The second-order valence-electron chi connectivity index (χ2n) is 3.80. The Kier molecular flexibility index (Phi) is 5.44. The lowest BCUT2D eigenvalue weighted by atomic mass is 10.2. The highest BCUT2D eigenvalue weighted by Crippen LogP contribution is 2.33. The van der Waals surface area contributed by atoms with Gasteiger partial charge in [-0.05, 0) is 26.2 Å².